The van der Waals surface area contributed by atoms with Crippen LogP contribution in [-0.2, 0) is 0 Å². The minimum absolute atomic E-state index is 0.230. The number of nitrogens with zero attached hydrogens (tertiary/aromatic N) is 4. The third-order valence-electron chi connectivity index (χ3n) is 4.91. The summed E-state index contributed by atoms with van der Waals surface area (Å²) in [6.07, 6.45) is 6.30. The quantitative estimate of drug-likeness (QED) is 0.568. The maximum atomic E-state index is 8.65. The summed E-state index contributed by atoms with van der Waals surface area (Å²) >= 11 is 0. The summed E-state index contributed by atoms with van der Waals surface area (Å²) in [5, 5.41) is 16.2. The Kier molecular flexibility index (Phi) is 6.10. The molecule has 0 aromatic carbocycles. The molecule has 0 aliphatic carbocycles. The van der Waals surface area contributed by atoms with Crippen LogP contribution in [0.1, 0.15) is 35.7 Å². The molecule has 0 bridgehead atoms. The van der Waals surface area contributed by atoms with Crippen molar-refractivity contribution in [3.05, 3.63) is 47.4 Å². The minimum Gasteiger partial charge on any atom is -0.397 e. The van der Waals surface area contributed by atoms with Crippen molar-refractivity contribution in [2.45, 2.75) is 24.8 Å². The number of anilines is 2. The van der Waals surface area contributed by atoms with Gasteiger partial charge in [-0.2, -0.15) is 0 Å². The smallest absolute Gasteiger partial charge is 0.129 e. The van der Waals surface area contributed by atoms with Gasteiger partial charge >= 0.3 is 0 Å². The third kappa shape index (κ3) is 4.23. The highest BCUT2D eigenvalue weighted by atomic mass is 15.2. The van der Waals surface area contributed by atoms with Gasteiger partial charge in [-0.05, 0) is 31.0 Å². The maximum absolute atomic E-state index is 8.65. The van der Waals surface area contributed by atoms with Crippen LogP contribution in [0.4, 0.5) is 11.5 Å². The first-order valence-electron chi connectivity index (χ1n) is 9.28. The van der Waals surface area contributed by atoms with Crippen molar-refractivity contribution in [3.63, 3.8) is 0 Å². The molecule has 0 saturated carbocycles. The Hall–Kier alpha value is -3.13. The number of nitrogens with one attached hydrogen (secondary N) is 2. The molecule has 8 heteroatoms. The van der Waals surface area contributed by atoms with Gasteiger partial charge in [-0.3, -0.25) is 15.4 Å². The fourth-order valence-electron chi connectivity index (χ4n) is 3.25. The summed E-state index contributed by atoms with van der Waals surface area (Å²) in [4.78, 5) is 15.2. The Morgan fingerprint density at radius 2 is 2.11 bits per heavy atom. The first-order chi connectivity index (χ1) is 13.5. The monoisotopic (exact) mass is 378 g/mol. The number of nitrogen functional groups attached to an aromatic ring is 1. The molecule has 3 rings (SSSR count). The van der Waals surface area contributed by atoms with Crippen molar-refractivity contribution < 1.29 is 0 Å². The van der Waals surface area contributed by atoms with E-state index in [4.69, 9.17) is 22.3 Å². The Labute approximate surface area is 164 Å². The molecule has 1 fully saturated rings. The van der Waals surface area contributed by atoms with Crippen LogP contribution in [-0.4, -0.2) is 54.3 Å². The van der Waals surface area contributed by atoms with E-state index in [1.165, 1.54) is 12.4 Å². The van der Waals surface area contributed by atoms with Gasteiger partial charge in [0.15, 0.2) is 0 Å². The van der Waals surface area contributed by atoms with E-state index in [1.54, 1.807) is 19.3 Å². The zero-order chi connectivity index (χ0) is 20.1. The summed E-state index contributed by atoms with van der Waals surface area (Å²) in [6.45, 7) is 1.73. The van der Waals surface area contributed by atoms with Gasteiger partial charge in [-0.1, -0.05) is 6.07 Å². The second kappa shape index (κ2) is 8.71. The van der Waals surface area contributed by atoms with Gasteiger partial charge in [-0.25, -0.2) is 4.98 Å². The van der Waals surface area contributed by atoms with E-state index in [1.807, 2.05) is 18.2 Å². The zero-order valence-electron chi connectivity index (χ0n) is 16.0. The molecule has 1 saturated heterocycles. The number of hydrogen-bond acceptors (Lipinski definition) is 8. The largest absolute Gasteiger partial charge is 0.397 e. The van der Waals surface area contributed by atoms with Crippen molar-refractivity contribution in [1.82, 2.24) is 9.97 Å². The Balaban J connectivity index is 1.90. The molecule has 0 amide bonds. The lowest BCUT2D eigenvalue weighted by molar-refractivity contribution is 0.498. The standard InChI is InChI=1S/C20H26N8/c1-25-11-13(10-21)18-9-15(16(23)12-26-18)20(24)17-3-2-4-19(27-17)28-7-5-14(22)6-8-28/h2-4,9-14,21,24H,5-8,22-23H2,1H3. The van der Waals surface area contributed by atoms with Gasteiger partial charge < -0.3 is 21.8 Å². The molecule has 8 nitrogen and oxygen atoms in total. The second-order valence-corrected chi connectivity index (χ2v) is 6.88. The van der Waals surface area contributed by atoms with E-state index in [9.17, 15) is 0 Å². The van der Waals surface area contributed by atoms with Crippen molar-refractivity contribution >= 4 is 29.6 Å². The topological polar surface area (TPSA) is 141 Å². The van der Waals surface area contributed by atoms with Crippen molar-refractivity contribution in [3.8, 4) is 0 Å². The van der Waals surface area contributed by atoms with E-state index in [0.717, 1.165) is 31.7 Å². The Morgan fingerprint density at radius 1 is 1.36 bits per heavy atom. The molecule has 3 heterocycles. The molecule has 2 aromatic rings. The number of aliphatic imine (C=N–C) groups is 1. The maximum Gasteiger partial charge on any atom is 0.129 e. The van der Waals surface area contributed by atoms with Crippen LogP contribution in [0, 0.1) is 10.8 Å². The predicted molar refractivity (Wildman–Crippen MR) is 114 cm³/mol. The average Bonchev–Trinajstić information content (AvgIpc) is 2.72. The summed E-state index contributed by atoms with van der Waals surface area (Å²) < 4.78 is 0. The summed E-state index contributed by atoms with van der Waals surface area (Å²) in [5.74, 6) is 0.492. The third-order valence-corrected chi connectivity index (χ3v) is 4.91. The second-order valence-electron chi connectivity index (χ2n) is 6.88. The molecule has 6 N–H and O–H groups in total. The van der Waals surface area contributed by atoms with Crippen LogP contribution in [0.2, 0.25) is 0 Å². The lowest BCUT2D eigenvalue weighted by atomic mass is 10.0. The van der Waals surface area contributed by atoms with Crippen LogP contribution >= 0.6 is 0 Å². The number of nitrogens with two attached hydrogens (primary N) is 2. The molecule has 1 aliphatic rings. The molecule has 0 radical (unpaired) electrons. The molecule has 1 atom stereocenters. The van der Waals surface area contributed by atoms with Crippen LogP contribution in [0.3, 0.4) is 0 Å². The van der Waals surface area contributed by atoms with E-state index in [-0.39, 0.29) is 17.7 Å². The molecule has 1 aliphatic heterocycles. The molecule has 146 valence electrons. The Morgan fingerprint density at radius 3 is 2.79 bits per heavy atom. The van der Waals surface area contributed by atoms with Crippen LogP contribution in [0.5, 0.6) is 0 Å². The highest BCUT2D eigenvalue weighted by molar-refractivity contribution is 6.13. The normalized spacial score (nSPS) is 16.3. The van der Waals surface area contributed by atoms with E-state index in [0.29, 0.717) is 22.6 Å². The van der Waals surface area contributed by atoms with Gasteiger partial charge in [0.25, 0.3) is 0 Å². The van der Waals surface area contributed by atoms with Gasteiger partial charge in [0.05, 0.1) is 34.9 Å². The number of piperidine rings is 1. The van der Waals surface area contributed by atoms with Crippen molar-refractivity contribution in [2.24, 2.45) is 10.7 Å². The highest BCUT2D eigenvalue weighted by Gasteiger charge is 2.19. The number of rotatable bonds is 6. The molecular weight excluding hydrogens is 352 g/mol. The van der Waals surface area contributed by atoms with Crippen molar-refractivity contribution in [2.75, 3.05) is 30.8 Å². The van der Waals surface area contributed by atoms with Crippen molar-refractivity contribution in [1.29, 1.82) is 10.8 Å². The predicted octanol–water partition coefficient (Wildman–Crippen LogP) is 1.84. The Bertz CT molecular complexity index is 884. The first-order valence-corrected chi connectivity index (χ1v) is 9.28. The first kappa shape index (κ1) is 19.6. The summed E-state index contributed by atoms with van der Waals surface area (Å²) in [7, 11) is 1.65. The van der Waals surface area contributed by atoms with Crippen LogP contribution in [0.15, 0.2) is 35.5 Å². The summed E-state index contributed by atoms with van der Waals surface area (Å²) in [5.41, 5.74) is 14.4. The summed E-state index contributed by atoms with van der Waals surface area (Å²) in [6, 6.07) is 7.66. The molecule has 28 heavy (non-hydrogen) atoms. The molecule has 2 aromatic heterocycles. The number of pyridine rings is 2. The van der Waals surface area contributed by atoms with Gasteiger partial charge in [0.2, 0.25) is 0 Å². The SMILES string of the molecule is CN=CC(C=N)c1cc(C(=N)c2cccc(N3CCC(N)CC3)n2)c(N)cn1. The number of hydrogen-bond donors (Lipinski definition) is 4. The fraction of sp³-hybridized carbons (Fsp3) is 0.350. The van der Waals surface area contributed by atoms with Crippen LogP contribution < -0.4 is 16.4 Å². The molecule has 1 unspecified atom stereocenters. The number of aromatic nitrogens is 2. The lowest BCUT2D eigenvalue weighted by Gasteiger charge is -2.31. The van der Waals surface area contributed by atoms with Gasteiger partial charge in [0, 0.05) is 44.2 Å². The van der Waals surface area contributed by atoms with Gasteiger partial charge in [-0.15, -0.1) is 0 Å². The highest BCUT2D eigenvalue weighted by Crippen LogP contribution is 2.22. The molecule has 0 spiro atoms. The van der Waals surface area contributed by atoms with E-state index < -0.39 is 0 Å². The lowest BCUT2D eigenvalue weighted by Crippen LogP contribution is -2.40. The van der Waals surface area contributed by atoms with E-state index in [2.05, 4.69) is 19.9 Å². The molecular formula is C20H26N8. The minimum atomic E-state index is -0.353. The zero-order valence-corrected chi connectivity index (χ0v) is 16.0. The van der Waals surface area contributed by atoms with Crippen LogP contribution in [0.25, 0.3) is 0 Å². The average molecular weight is 378 g/mol. The fourth-order valence-corrected chi connectivity index (χ4v) is 3.25. The van der Waals surface area contributed by atoms with E-state index >= 15 is 0 Å². The van der Waals surface area contributed by atoms with Gasteiger partial charge in [0.1, 0.15) is 5.82 Å².